The second kappa shape index (κ2) is 7.19. The lowest BCUT2D eigenvalue weighted by atomic mass is 9.97. The van der Waals surface area contributed by atoms with E-state index >= 15 is 0 Å². The highest BCUT2D eigenvalue weighted by Gasteiger charge is 2.27. The van der Waals surface area contributed by atoms with Gasteiger partial charge in [-0.2, -0.15) is 0 Å². The van der Waals surface area contributed by atoms with Crippen molar-refractivity contribution >= 4 is 17.2 Å². The second-order valence-corrected chi connectivity index (χ2v) is 6.86. The molecule has 1 aromatic heterocycles. The fourth-order valence-electron chi connectivity index (χ4n) is 2.91. The molecule has 27 heavy (non-hydrogen) atoms. The summed E-state index contributed by atoms with van der Waals surface area (Å²) >= 11 is 0. The van der Waals surface area contributed by atoms with Gasteiger partial charge in [0.05, 0.1) is 25.3 Å². The van der Waals surface area contributed by atoms with Crippen molar-refractivity contribution in [1.29, 1.82) is 0 Å². The molecule has 142 valence electrons. The van der Waals surface area contributed by atoms with Crippen LogP contribution in [0.5, 0.6) is 11.5 Å². The molecule has 0 saturated carbocycles. The Morgan fingerprint density at radius 3 is 2.44 bits per heavy atom. The quantitative estimate of drug-likeness (QED) is 0.786. The summed E-state index contributed by atoms with van der Waals surface area (Å²) in [5, 5.41) is 0. The summed E-state index contributed by atoms with van der Waals surface area (Å²) in [6.07, 6.45) is 4.94. The number of pyridine rings is 1. The third-order valence-corrected chi connectivity index (χ3v) is 4.28. The summed E-state index contributed by atoms with van der Waals surface area (Å²) in [6, 6.07) is 5.44. The lowest BCUT2D eigenvalue weighted by Crippen LogP contribution is -2.17. The maximum Gasteiger partial charge on any atom is 0.218 e. The molecule has 0 bridgehead atoms. The topological polar surface area (TPSA) is 105 Å². The van der Waals surface area contributed by atoms with Crippen molar-refractivity contribution in [3.8, 4) is 11.5 Å². The number of rotatable bonds is 5. The van der Waals surface area contributed by atoms with E-state index in [0.717, 1.165) is 22.3 Å². The number of hydrogen-bond acceptors (Lipinski definition) is 7. The van der Waals surface area contributed by atoms with Gasteiger partial charge in [0.2, 0.25) is 5.90 Å². The van der Waals surface area contributed by atoms with Crippen molar-refractivity contribution in [2.75, 3.05) is 26.6 Å². The van der Waals surface area contributed by atoms with E-state index in [4.69, 9.17) is 25.7 Å². The van der Waals surface area contributed by atoms with Crippen molar-refractivity contribution in [3.63, 3.8) is 0 Å². The minimum absolute atomic E-state index is 0.244. The molecule has 0 atom stereocenters. The smallest absolute Gasteiger partial charge is 0.218 e. The van der Waals surface area contributed by atoms with Crippen molar-refractivity contribution in [1.82, 2.24) is 4.98 Å². The Kier molecular flexibility index (Phi) is 4.94. The minimum Gasteiger partial charge on any atom is -0.493 e. The number of ether oxygens (including phenoxy) is 3. The molecule has 2 heterocycles. The third-order valence-electron chi connectivity index (χ3n) is 4.28. The van der Waals surface area contributed by atoms with E-state index in [2.05, 4.69) is 9.98 Å². The van der Waals surface area contributed by atoms with Gasteiger partial charge in [-0.3, -0.25) is 4.98 Å². The minimum atomic E-state index is -0.244. The number of aliphatic imine (C=N–C) groups is 1. The average Bonchev–Trinajstić information content (AvgIpc) is 3.03. The zero-order chi connectivity index (χ0) is 19.6. The maximum absolute atomic E-state index is 6.23. The first-order valence-electron chi connectivity index (χ1n) is 8.50. The maximum atomic E-state index is 6.23. The molecular formula is C20H24N4O3. The van der Waals surface area contributed by atoms with Crippen LogP contribution < -0.4 is 20.9 Å². The van der Waals surface area contributed by atoms with Gasteiger partial charge in [0.1, 0.15) is 6.61 Å². The summed E-state index contributed by atoms with van der Waals surface area (Å²) in [6.45, 7) is 4.58. The zero-order valence-electron chi connectivity index (χ0n) is 15.9. The molecule has 3 rings (SSSR count). The molecule has 0 amide bonds. The molecule has 7 heteroatoms. The molecule has 0 saturated heterocycles. The van der Waals surface area contributed by atoms with Crippen LogP contribution in [0.25, 0.3) is 5.57 Å². The summed E-state index contributed by atoms with van der Waals surface area (Å²) in [4.78, 5) is 8.92. The van der Waals surface area contributed by atoms with E-state index in [-0.39, 0.29) is 5.54 Å². The van der Waals surface area contributed by atoms with E-state index < -0.39 is 0 Å². The van der Waals surface area contributed by atoms with Crippen molar-refractivity contribution in [2.24, 2.45) is 10.7 Å². The van der Waals surface area contributed by atoms with Gasteiger partial charge in [0.15, 0.2) is 11.5 Å². The number of benzene rings is 1. The predicted molar refractivity (Wildman–Crippen MR) is 106 cm³/mol. The molecule has 0 unspecified atom stereocenters. The van der Waals surface area contributed by atoms with Crippen molar-refractivity contribution in [3.05, 3.63) is 53.5 Å². The Balaban J connectivity index is 2.04. The Bertz CT molecular complexity index is 919. The van der Waals surface area contributed by atoms with E-state index in [1.54, 1.807) is 38.7 Å². The Morgan fingerprint density at radius 1 is 1.15 bits per heavy atom. The number of methoxy groups -OCH3 is 2. The number of anilines is 1. The standard InChI is InChI=1S/C20H24N4O3/c1-20(2)11-27-19(24-20)13-5-12(9-23-10-13)15(8-21)14-6-17(25-3)18(26-4)7-16(14)22/h5-10H,11,21-22H2,1-4H3/b15-8-. The van der Waals surface area contributed by atoms with Crippen LogP contribution in [0.1, 0.15) is 30.5 Å². The van der Waals surface area contributed by atoms with Crippen molar-refractivity contribution in [2.45, 2.75) is 19.4 Å². The van der Waals surface area contributed by atoms with Gasteiger partial charge in [-0.1, -0.05) is 0 Å². The van der Waals surface area contributed by atoms with Gasteiger partial charge in [-0.05, 0) is 26.0 Å². The lowest BCUT2D eigenvalue weighted by molar-refractivity contribution is 0.279. The van der Waals surface area contributed by atoms with Gasteiger partial charge in [0, 0.05) is 47.0 Å². The Labute approximate surface area is 158 Å². The summed E-state index contributed by atoms with van der Waals surface area (Å²) in [5.41, 5.74) is 15.5. The molecule has 1 aliphatic heterocycles. The number of aromatic nitrogens is 1. The monoisotopic (exact) mass is 368 g/mol. The van der Waals surface area contributed by atoms with E-state index in [0.29, 0.717) is 29.7 Å². The number of nitrogens with zero attached hydrogens (tertiary/aromatic N) is 2. The Morgan fingerprint density at radius 2 is 1.85 bits per heavy atom. The zero-order valence-corrected chi connectivity index (χ0v) is 15.9. The highest BCUT2D eigenvalue weighted by Crippen LogP contribution is 2.37. The fraction of sp³-hybridized carbons (Fsp3) is 0.300. The summed E-state index contributed by atoms with van der Waals surface area (Å²) < 4.78 is 16.4. The summed E-state index contributed by atoms with van der Waals surface area (Å²) in [7, 11) is 3.14. The van der Waals surface area contributed by atoms with Crippen LogP contribution in [-0.2, 0) is 4.74 Å². The molecule has 4 N–H and O–H groups in total. The van der Waals surface area contributed by atoms with Gasteiger partial charge in [0.25, 0.3) is 0 Å². The molecule has 2 aromatic rings. The molecule has 0 fully saturated rings. The average molecular weight is 368 g/mol. The van der Waals surface area contributed by atoms with Gasteiger partial charge in [-0.25, -0.2) is 4.99 Å². The molecule has 0 radical (unpaired) electrons. The first kappa shape index (κ1) is 18.6. The molecule has 1 aromatic carbocycles. The number of nitrogen functional groups attached to an aromatic ring is 1. The first-order chi connectivity index (χ1) is 12.9. The van der Waals surface area contributed by atoms with Gasteiger partial charge < -0.3 is 25.7 Å². The van der Waals surface area contributed by atoms with Gasteiger partial charge >= 0.3 is 0 Å². The predicted octanol–water partition coefficient (Wildman–Crippen LogP) is 2.58. The van der Waals surface area contributed by atoms with Crippen LogP contribution >= 0.6 is 0 Å². The van der Waals surface area contributed by atoms with Crippen LogP contribution in [0, 0.1) is 0 Å². The third kappa shape index (κ3) is 3.67. The van der Waals surface area contributed by atoms with Gasteiger partial charge in [-0.15, -0.1) is 0 Å². The lowest BCUT2D eigenvalue weighted by Gasteiger charge is -2.15. The van der Waals surface area contributed by atoms with Crippen LogP contribution in [0.3, 0.4) is 0 Å². The van der Waals surface area contributed by atoms with Crippen LogP contribution in [0.4, 0.5) is 5.69 Å². The normalized spacial score (nSPS) is 15.9. The Hall–Kier alpha value is -3.22. The number of hydrogen-bond donors (Lipinski definition) is 2. The van der Waals surface area contributed by atoms with Crippen LogP contribution in [0.15, 0.2) is 41.8 Å². The molecule has 0 aliphatic carbocycles. The fourth-order valence-corrected chi connectivity index (χ4v) is 2.91. The molecular weight excluding hydrogens is 344 g/mol. The largest absolute Gasteiger partial charge is 0.493 e. The highest BCUT2D eigenvalue weighted by molar-refractivity contribution is 5.97. The van der Waals surface area contributed by atoms with E-state index in [1.807, 2.05) is 19.9 Å². The van der Waals surface area contributed by atoms with Crippen molar-refractivity contribution < 1.29 is 14.2 Å². The van der Waals surface area contributed by atoms with Crippen LogP contribution in [-0.4, -0.2) is 37.2 Å². The SMILES string of the molecule is COc1cc(N)c(/C(=C\N)c2cncc(C3=NC(C)(C)CO3)c2)cc1OC. The molecule has 0 spiro atoms. The van der Waals surface area contributed by atoms with E-state index in [1.165, 1.54) is 6.20 Å². The summed E-state index contributed by atoms with van der Waals surface area (Å²) in [5.74, 6) is 1.69. The number of nitrogens with two attached hydrogens (primary N) is 2. The second-order valence-electron chi connectivity index (χ2n) is 6.86. The highest BCUT2D eigenvalue weighted by atomic mass is 16.5. The molecule has 1 aliphatic rings. The molecule has 7 nitrogen and oxygen atoms in total. The van der Waals surface area contributed by atoms with Crippen LogP contribution in [0.2, 0.25) is 0 Å². The van der Waals surface area contributed by atoms with E-state index in [9.17, 15) is 0 Å². The first-order valence-corrected chi connectivity index (χ1v) is 8.50.